The summed E-state index contributed by atoms with van der Waals surface area (Å²) >= 11 is 1.71. The van der Waals surface area contributed by atoms with Gasteiger partial charge in [-0.2, -0.15) is 0 Å². The zero-order valence-electron chi connectivity index (χ0n) is 15.6. The van der Waals surface area contributed by atoms with Gasteiger partial charge in [-0.15, -0.1) is 0 Å². The van der Waals surface area contributed by atoms with Crippen LogP contribution in [0.1, 0.15) is 37.3 Å². The van der Waals surface area contributed by atoms with Gasteiger partial charge in [0.25, 0.3) is 0 Å². The van der Waals surface area contributed by atoms with Gasteiger partial charge in [0.2, 0.25) is 11.8 Å². The molecule has 0 fully saturated rings. The van der Waals surface area contributed by atoms with E-state index in [0.717, 1.165) is 17.0 Å². The maximum Gasteiger partial charge on any atom is 0.224 e. The summed E-state index contributed by atoms with van der Waals surface area (Å²) in [5.74, 6) is -0.228. The first-order valence-electron chi connectivity index (χ1n) is 8.89. The van der Waals surface area contributed by atoms with Gasteiger partial charge >= 0.3 is 0 Å². The lowest BCUT2D eigenvalue weighted by molar-refractivity contribution is -0.124. The van der Waals surface area contributed by atoms with Crippen molar-refractivity contribution in [1.82, 2.24) is 5.32 Å². The molecule has 26 heavy (non-hydrogen) atoms. The van der Waals surface area contributed by atoms with E-state index in [1.165, 1.54) is 16.0 Å². The number of hydrogen-bond donors (Lipinski definition) is 2. The van der Waals surface area contributed by atoms with Crippen LogP contribution < -0.4 is 10.6 Å². The molecule has 2 aromatic rings. The molecule has 0 heterocycles. The minimum absolute atomic E-state index is 0.0813. The molecule has 0 aliphatic heterocycles. The SMILES string of the molecule is CCCNC(=O)CCC(=O)Nc1ccc(Sc2ccc(C)cc2C)cc1. The van der Waals surface area contributed by atoms with Gasteiger partial charge in [0.1, 0.15) is 0 Å². The van der Waals surface area contributed by atoms with E-state index in [9.17, 15) is 9.59 Å². The summed E-state index contributed by atoms with van der Waals surface area (Å²) < 4.78 is 0. The zero-order valence-corrected chi connectivity index (χ0v) is 16.4. The predicted octanol–water partition coefficient (Wildman–Crippen LogP) is 4.70. The summed E-state index contributed by atoms with van der Waals surface area (Å²) in [7, 11) is 0. The fraction of sp³-hybridized carbons (Fsp3) is 0.333. The molecule has 2 aromatic carbocycles. The second-order valence-electron chi connectivity index (χ2n) is 6.29. The van der Waals surface area contributed by atoms with Crippen LogP contribution in [0.5, 0.6) is 0 Å². The third-order valence-corrected chi connectivity index (χ3v) is 5.03. The first-order valence-corrected chi connectivity index (χ1v) is 9.71. The van der Waals surface area contributed by atoms with Gasteiger partial charge in [-0.05, 0) is 56.2 Å². The molecule has 5 heteroatoms. The molecule has 2 amide bonds. The number of nitrogens with one attached hydrogen (secondary N) is 2. The van der Waals surface area contributed by atoms with Gasteiger partial charge in [0.15, 0.2) is 0 Å². The van der Waals surface area contributed by atoms with Crippen LogP contribution in [-0.2, 0) is 9.59 Å². The maximum absolute atomic E-state index is 11.9. The van der Waals surface area contributed by atoms with E-state index in [2.05, 4.69) is 42.7 Å². The fourth-order valence-corrected chi connectivity index (χ4v) is 3.33. The van der Waals surface area contributed by atoms with Crippen molar-refractivity contribution in [2.24, 2.45) is 0 Å². The molecule has 138 valence electrons. The molecule has 0 spiro atoms. The van der Waals surface area contributed by atoms with Gasteiger partial charge < -0.3 is 10.6 Å². The molecule has 0 saturated carbocycles. The Morgan fingerprint density at radius 2 is 1.65 bits per heavy atom. The molecule has 0 bridgehead atoms. The Morgan fingerprint density at radius 3 is 2.31 bits per heavy atom. The lowest BCUT2D eigenvalue weighted by Gasteiger charge is -2.09. The number of amides is 2. The Morgan fingerprint density at radius 1 is 0.962 bits per heavy atom. The first-order chi connectivity index (χ1) is 12.5. The summed E-state index contributed by atoms with van der Waals surface area (Å²) in [5, 5.41) is 5.60. The van der Waals surface area contributed by atoms with Crippen molar-refractivity contribution in [2.75, 3.05) is 11.9 Å². The summed E-state index contributed by atoms with van der Waals surface area (Å²) in [6.45, 7) is 6.85. The van der Waals surface area contributed by atoms with E-state index in [1.54, 1.807) is 11.8 Å². The third-order valence-electron chi connectivity index (χ3n) is 3.85. The van der Waals surface area contributed by atoms with Crippen LogP contribution in [0.3, 0.4) is 0 Å². The van der Waals surface area contributed by atoms with Gasteiger partial charge in [0.05, 0.1) is 0 Å². The highest BCUT2D eigenvalue weighted by Gasteiger charge is 2.07. The molecule has 2 rings (SSSR count). The highest BCUT2D eigenvalue weighted by molar-refractivity contribution is 7.99. The molecule has 4 nitrogen and oxygen atoms in total. The van der Waals surface area contributed by atoms with E-state index in [1.807, 2.05) is 31.2 Å². The second-order valence-corrected chi connectivity index (χ2v) is 7.41. The van der Waals surface area contributed by atoms with Gasteiger partial charge in [0, 0.05) is 34.9 Å². The van der Waals surface area contributed by atoms with Crippen LogP contribution in [0.2, 0.25) is 0 Å². The Kier molecular flexibility index (Phi) is 7.73. The van der Waals surface area contributed by atoms with Crippen molar-refractivity contribution in [3.8, 4) is 0 Å². The normalized spacial score (nSPS) is 10.4. The van der Waals surface area contributed by atoms with E-state index in [-0.39, 0.29) is 24.7 Å². The smallest absolute Gasteiger partial charge is 0.224 e. The van der Waals surface area contributed by atoms with Gasteiger partial charge in [-0.1, -0.05) is 36.4 Å². The third kappa shape index (κ3) is 6.56. The quantitative estimate of drug-likeness (QED) is 0.708. The fourth-order valence-electron chi connectivity index (χ4n) is 2.45. The molecular weight excluding hydrogens is 344 g/mol. The van der Waals surface area contributed by atoms with Crippen molar-refractivity contribution in [3.63, 3.8) is 0 Å². The lowest BCUT2D eigenvalue weighted by atomic mass is 10.2. The number of hydrogen-bond acceptors (Lipinski definition) is 3. The van der Waals surface area contributed by atoms with Crippen molar-refractivity contribution >= 4 is 29.3 Å². The number of anilines is 1. The molecule has 0 unspecified atom stereocenters. The monoisotopic (exact) mass is 370 g/mol. The predicted molar refractivity (Wildman–Crippen MR) is 108 cm³/mol. The maximum atomic E-state index is 11.9. The standard InChI is InChI=1S/C21H26N2O2S/c1-4-13-22-20(24)11-12-21(25)23-17-6-8-18(9-7-17)26-19-10-5-15(2)14-16(19)3/h5-10,14H,4,11-13H2,1-3H3,(H,22,24)(H,23,25). The Labute approximate surface area is 159 Å². The summed E-state index contributed by atoms with van der Waals surface area (Å²) in [4.78, 5) is 25.8. The van der Waals surface area contributed by atoms with Crippen LogP contribution in [0, 0.1) is 13.8 Å². The Bertz CT molecular complexity index is 757. The molecule has 0 atom stereocenters. The largest absolute Gasteiger partial charge is 0.356 e. The van der Waals surface area contributed by atoms with Crippen molar-refractivity contribution in [3.05, 3.63) is 53.6 Å². The van der Waals surface area contributed by atoms with Crippen LogP contribution in [-0.4, -0.2) is 18.4 Å². The van der Waals surface area contributed by atoms with Gasteiger partial charge in [-0.3, -0.25) is 9.59 Å². The highest BCUT2D eigenvalue weighted by atomic mass is 32.2. The van der Waals surface area contributed by atoms with Crippen molar-refractivity contribution in [1.29, 1.82) is 0 Å². The van der Waals surface area contributed by atoms with Crippen LogP contribution in [0.15, 0.2) is 52.3 Å². The number of rotatable bonds is 8. The Hall–Kier alpha value is -2.27. The number of carbonyl (C=O) groups excluding carboxylic acids is 2. The molecule has 0 aliphatic carbocycles. The average Bonchev–Trinajstić information content (AvgIpc) is 2.62. The molecule has 0 aromatic heterocycles. The van der Waals surface area contributed by atoms with Crippen molar-refractivity contribution in [2.45, 2.75) is 49.8 Å². The van der Waals surface area contributed by atoms with Crippen LogP contribution in [0.25, 0.3) is 0 Å². The highest BCUT2D eigenvalue weighted by Crippen LogP contribution is 2.31. The minimum Gasteiger partial charge on any atom is -0.356 e. The van der Waals surface area contributed by atoms with E-state index < -0.39 is 0 Å². The topological polar surface area (TPSA) is 58.2 Å². The lowest BCUT2D eigenvalue weighted by Crippen LogP contribution is -2.25. The van der Waals surface area contributed by atoms with Crippen LogP contribution >= 0.6 is 11.8 Å². The van der Waals surface area contributed by atoms with Crippen molar-refractivity contribution < 1.29 is 9.59 Å². The molecule has 2 N–H and O–H groups in total. The van der Waals surface area contributed by atoms with E-state index in [0.29, 0.717) is 6.54 Å². The number of benzene rings is 2. The zero-order chi connectivity index (χ0) is 18.9. The second kappa shape index (κ2) is 10.0. The van der Waals surface area contributed by atoms with E-state index >= 15 is 0 Å². The number of carbonyl (C=O) groups is 2. The average molecular weight is 371 g/mol. The summed E-state index contributed by atoms with van der Waals surface area (Å²) in [6.07, 6.45) is 1.30. The van der Waals surface area contributed by atoms with Gasteiger partial charge in [-0.25, -0.2) is 0 Å². The Balaban J connectivity index is 1.85. The summed E-state index contributed by atoms with van der Waals surface area (Å²) in [6, 6.07) is 14.2. The first kappa shape index (κ1) is 20.0. The molecule has 0 radical (unpaired) electrons. The molecular formula is C21H26N2O2S. The van der Waals surface area contributed by atoms with E-state index in [4.69, 9.17) is 0 Å². The minimum atomic E-state index is -0.147. The molecule has 0 aliphatic rings. The molecule has 0 saturated heterocycles. The summed E-state index contributed by atoms with van der Waals surface area (Å²) in [5.41, 5.74) is 3.26. The number of aryl methyl sites for hydroxylation is 2. The van der Waals surface area contributed by atoms with Crippen LogP contribution in [0.4, 0.5) is 5.69 Å².